The van der Waals surface area contributed by atoms with Crippen molar-refractivity contribution < 1.29 is 32.3 Å². The normalized spacial score (nSPS) is 12.0. The van der Waals surface area contributed by atoms with E-state index >= 15 is 0 Å². The van der Waals surface area contributed by atoms with Crippen LogP contribution in [0.1, 0.15) is 35.5 Å². The molecule has 0 aliphatic carbocycles. The Kier molecular flexibility index (Phi) is 8.93. The molecule has 9 nitrogen and oxygen atoms in total. The summed E-state index contributed by atoms with van der Waals surface area (Å²) in [4.78, 5) is 25.0. The van der Waals surface area contributed by atoms with E-state index in [0.29, 0.717) is 22.4 Å². The van der Waals surface area contributed by atoms with Gasteiger partial charge in [-0.05, 0) is 60.4 Å². The third-order valence-electron chi connectivity index (χ3n) is 6.51. The maximum Gasteiger partial charge on any atom is 0.324 e. The number of carbonyl (C=O) groups excluding carboxylic acids is 2. The lowest BCUT2D eigenvalue weighted by Gasteiger charge is -2.19. The van der Waals surface area contributed by atoms with Gasteiger partial charge in [-0.25, -0.2) is 8.42 Å². The number of hydrogen-bond donors (Lipinski definition) is 3. The van der Waals surface area contributed by atoms with Gasteiger partial charge >= 0.3 is 5.97 Å². The Hall–Kier alpha value is -4.43. The number of furan rings is 1. The van der Waals surface area contributed by atoms with Crippen LogP contribution in [-0.4, -0.2) is 45.2 Å². The molecule has 4 aromatic rings. The Morgan fingerprint density at radius 1 is 1.00 bits per heavy atom. The summed E-state index contributed by atoms with van der Waals surface area (Å²) < 4.78 is 38.6. The number of amides is 1. The summed E-state index contributed by atoms with van der Waals surface area (Å²) in [6.07, 6.45) is 0. The Bertz CT molecular complexity index is 1740. The highest BCUT2D eigenvalue weighted by molar-refractivity contribution is 7.89. The summed E-state index contributed by atoms with van der Waals surface area (Å²) in [6, 6.07) is 17.7. The monoisotopic (exact) mass is 574 g/mol. The zero-order valence-corrected chi connectivity index (χ0v) is 23.8. The molecule has 0 aliphatic heterocycles. The molecule has 3 aromatic carbocycles. The molecule has 10 heteroatoms. The van der Waals surface area contributed by atoms with Crippen LogP contribution in [0, 0.1) is 24.7 Å². The number of carbonyl (C=O) groups is 2. The number of ether oxygens (including phenoxy) is 1. The fourth-order valence-electron chi connectivity index (χ4n) is 4.34. The van der Waals surface area contributed by atoms with Crippen LogP contribution in [0.3, 0.4) is 0 Å². The first-order valence-corrected chi connectivity index (χ1v) is 14.3. The van der Waals surface area contributed by atoms with E-state index in [-0.39, 0.29) is 23.2 Å². The van der Waals surface area contributed by atoms with Crippen molar-refractivity contribution in [2.45, 2.75) is 31.7 Å². The van der Waals surface area contributed by atoms with Crippen molar-refractivity contribution in [3.05, 3.63) is 83.6 Å². The molecule has 0 aliphatic rings. The van der Waals surface area contributed by atoms with Gasteiger partial charge in [0, 0.05) is 22.2 Å². The van der Waals surface area contributed by atoms with E-state index in [9.17, 15) is 18.0 Å². The quantitative estimate of drug-likeness (QED) is 0.209. The molecule has 1 heterocycles. The number of aliphatic hydroxyl groups is 1. The fraction of sp³-hybridized carbons (Fsp3) is 0.226. The average molecular weight is 575 g/mol. The second-order valence-corrected chi connectivity index (χ2v) is 11.3. The van der Waals surface area contributed by atoms with Gasteiger partial charge in [0.2, 0.25) is 10.0 Å². The standard InChI is InChI=1S/C31H30N2O7S/c1-19(2)28(31(36)39-4)33-41(37,38)25-16-12-22(13-17-25)21-10-14-24(15-11-21)32-30(35)29-20(3)27-23(8-6-18-34)7-5-9-26(27)40-29/h5,7,9-17,19,28,33-34H,18H2,1-4H3,(H,32,35)/t28-/m0/s1. The summed E-state index contributed by atoms with van der Waals surface area (Å²) >= 11 is 0. The molecular weight excluding hydrogens is 544 g/mol. The van der Waals surface area contributed by atoms with Gasteiger partial charge in [0.25, 0.3) is 5.91 Å². The molecule has 1 amide bonds. The number of rotatable bonds is 8. The number of aliphatic hydroxyl groups excluding tert-OH is 1. The summed E-state index contributed by atoms with van der Waals surface area (Å²) in [7, 11) is -2.74. The van der Waals surface area contributed by atoms with Crippen LogP contribution in [0.15, 0.2) is 76.0 Å². The smallest absolute Gasteiger partial charge is 0.324 e. The van der Waals surface area contributed by atoms with Crippen molar-refractivity contribution in [1.29, 1.82) is 0 Å². The summed E-state index contributed by atoms with van der Waals surface area (Å²) in [5.41, 5.74) is 3.96. The molecule has 0 unspecified atom stereocenters. The largest absolute Gasteiger partial charge is 0.468 e. The molecule has 3 N–H and O–H groups in total. The molecule has 0 saturated carbocycles. The predicted molar refractivity (Wildman–Crippen MR) is 156 cm³/mol. The summed E-state index contributed by atoms with van der Waals surface area (Å²) in [6.45, 7) is 4.96. The first kappa shape index (κ1) is 29.6. The van der Waals surface area contributed by atoms with Crippen molar-refractivity contribution in [3.8, 4) is 23.0 Å². The zero-order chi connectivity index (χ0) is 29.7. The molecule has 0 radical (unpaired) electrons. The number of benzene rings is 3. The lowest BCUT2D eigenvalue weighted by Crippen LogP contribution is -2.44. The number of esters is 1. The van der Waals surface area contributed by atoms with Crippen LogP contribution in [0.5, 0.6) is 0 Å². The Balaban J connectivity index is 1.49. The Morgan fingerprint density at radius 2 is 1.63 bits per heavy atom. The van der Waals surface area contributed by atoms with Crippen LogP contribution >= 0.6 is 0 Å². The highest BCUT2D eigenvalue weighted by Gasteiger charge is 2.29. The first-order chi connectivity index (χ1) is 19.6. The lowest BCUT2D eigenvalue weighted by atomic mass is 10.0. The summed E-state index contributed by atoms with van der Waals surface area (Å²) in [5.74, 6) is 4.31. The minimum absolute atomic E-state index is 0.0198. The van der Waals surface area contributed by atoms with E-state index in [2.05, 4.69) is 21.9 Å². The molecule has 41 heavy (non-hydrogen) atoms. The van der Waals surface area contributed by atoms with Gasteiger partial charge in [0.1, 0.15) is 18.2 Å². The van der Waals surface area contributed by atoms with Crippen molar-refractivity contribution in [1.82, 2.24) is 4.72 Å². The number of nitrogens with one attached hydrogen (secondary N) is 2. The van der Waals surface area contributed by atoms with E-state index in [1.165, 1.54) is 19.2 Å². The number of hydrogen-bond acceptors (Lipinski definition) is 7. The maximum atomic E-state index is 13.0. The molecule has 0 fully saturated rings. The van der Waals surface area contributed by atoms with Crippen molar-refractivity contribution in [3.63, 3.8) is 0 Å². The number of anilines is 1. The molecule has 0 spiro atoms. The molecule has 1 aromatic heterocycles. The van der Waals surface area contributed by atoms with Gasteiger partial charge in [-0.2, -0.15) is 4.72 Å². The molecule has 0 bridgehead atoms. The number of methoxy groups -OCH3 is 1. The third kappa shape index (κ3) is 6.49. The number of fused-ring (bicyclic) bond motifs is 1. The maximum absolute atomic E-state index is 13.0. The Labute approximate surface area is 238 Å². The van der Waals surface area contributed by atoms with E-state index < -0.39 is 27.9 Å². The van der Waals surface area contributed by atoms with Gasteiger partial charge in [-0.3, -0.25) is 9.59 Å². The van der Waals surface area contributed by atoms with Gasteiger partial charge in [-0.15, -0.1) is 0 Å². The lowest BCUT2D eigenvalue weighted by molar-refractivity contribution is -0.143. The van der Waals surface area contributed by atoms with E-state index in [1.807, 2.05) is 0 Å². The van der Waals surface area contributed by atoms with Crippen molar-refractivity contribution in [2.24, 2.45) is 5.92 Å². The topological polar surface area (TPSA) is 135 Å². The SMILES string of the molecule is COC(=O)[C@@H](NS(=O)(=O)c1ccc(-c2ccc(NC(=O)c3oc4cccc(C#CCO)c4c3C)cc2)cc1)C(C)C. The van der Waals surface area contributed by atoms with Gasteiger partial charge in [-0.1, -0.05) is 56.0 Å². The van der Waals surface area contributed by atoms with Crippen LogP contribution in [0.2, 0.25) is 0 Å². The Morgan fingerprint density at radius 3 is 2.22 bits per heavy atom. The minimum Gasteiger partial charge on any atom is -0.468 e. The summed E-state index contributed by atoms with van der Waals surface area (Å²) in [5, 5.41) is 12.6. The molecule has 1 atom stereocenters. The second-order valence-electron chi connectivity index (χ2n) is 9.62. The average Bonchev–Trinajstić information content (AvgIpc) is 3.31. The van der Waals surface area contributed by atoms with Gasteiger partial charge < -0.3 is 19.6 Å². The van der Waals surface area contributed by atoms with Crippen molar-refractivity contribution >= 4 is 38.6 Å². The molecule has 212 valence electrons. The van der Waals surface area contributed by atoms with E-state index in [1.54, 1.807) is 75.4 Å². The van der Waals surface area contributed by atoms with Crippen LogP contribution in [0.4, 0.5) is 5.69 Å². The van der Waals surface area contributed by atoms with Crippen LogP contribution < -0.4 is 10.0 Å². The molecular formula is C31H30N2O7S. The number of aryl methyl sites for hydroxylation is 1. The molecule has 4 rings (SSSR count). The van der Waals surface area contributed by atoms with Crippen LogP contribution in [-0.2, 0) is 19.6 Å². The van der Waals surface area contributed by atoms with Crippen LogP contribution in [0.25, 0.3) is 22.1 Å². The van der Waals surface area contributed by atoms with Gasteiger partial charge in [0.05, 0.1) is 12.0 Å². The zero-order valence-electron chi connectivity index (χ0n) is 23.0. The number of sulfonamides is 1. The van der Waals surface area contributed by atoms with Crippen molar-refractivity contribution in [2.75, 3.05) is 19.0 Å². The minimum atomic E-state index is -3.95. The van der Waals surface area contributed by atoms with E-state index in [4.69, 9.17) is 14.3 Å². The second kappa shape index (κ2) is 12.4. The fourth-order valence-corrected chi connectivity index (χ4v) is 5.67. The van der Waals surface area contributed by atoms with E-state index in [0.717, 1.165) is 16.5 Å². The third-order valence-corrected chi connectivity index (χ3v) is 7.96. The first-order valence-electron chi connectivity index (χ1n) is 12.8. The highest BCUT2D eigenvalue weighted by atomic mass is 32.2. The van der Waals surface area contributed by atoms with Gasteiger partial charge in [0.15, 0.2) is 5.76 Å². The highest BCUT2D eigenvalue weighted by Crippen LogP contribution is 2.29. The molecule has 0 saturated heterocycles. The predicted octanol–water partition coefficient (Wildman–Crippen LogP) is 4.48.